The molecule has 0 fully saturated rings. The molecule has 0 aliphatic carbocycles. The Morgan fingerprint density at radius 2 is 1.71 bits per heavy atom. The van der Waals surface area contributed by atoms with Gasteiger partial charge < -0.3 is 19.5 Å². The summed E-state index contributed by atoms with van der Waals surface area (Å²) in [6.07, 6.45) is 0. The molecule has 1 aromatic heterocycles. The highest BCUT2D eigenvalue weighted by Crippen LogP contribution is 2.41. The van der Waals surface area contributed by atoms with Gasteiger partial charge in [0.05, 0.1) is 32.8 Å². The summed E-state index contributed by atoms with van der Waals surface area (Å²) >= 11 is 1.18. The van der Waals surface area contributed by atoms with Gasteiger partial charge in [-0.15, -0.1) is 10.2 Å². The maximum atomic E-state index is 14.9. The van der Waals surface area contributed by atoms with Gasteiger partial charge in [-0.3, -0.25) is 9.36 Å². The summed E-state index contributed by atoms with van der Waals surface area (Å²) < 4.78 is 32.8. The lowest BCUT2D eigenvalue weighted by molar-refractivity contribution is -0.119. The van der Waals surface area contributed by atoms with E-state index in [1.807, 2.05) is 20.8 Å². The molecule has 3 aromatic rings. The highest BCUT2D eigenvalue weighted by atomic mass is 32.2. The summed E-state index contributed by atoms with van der Waals surface area (Å²) in [6.45, 7) is 6.03. The Morgan fingerprint density at radius 3 is 2.26 bits per heavy atom. The van der Waals surface area contributed by atoms with Crippen molar-refractivity contribution < 1.29 is 23.4 Å². The molecular formula is C24H29FN4O4S. The van der Waals surface area contributed by atoms with Crippen LogP contribution in [-0.2, 0) is 4.79 Å². The minimum absolute atomic E-state index is 0.0346. The molecule has 1 heterocycles. The van der Waals surface area contributed by atoms with Gasteiger partial charge in [0, 0.05) is 11.6 Å². The van der Waals surface area contributed by atoms with Crippen LogP contribution in [0.4, 0.5) is 4.39 Å². The van der Waals surface area contributed by atoms with E-state index in [2.05, 4.69) is 15.5 Å². The van der Waals surface area contributed by atoms with Gasteiger partial charge in [-0.1, -0.05) is 37.7 Å². The Bertz CT molecular complexity index is 1130. The van der Waals surface area contributed by atoms with Crippen molar-refractivity contribution in [1.82, 2.24) is 20.1 Å². The predicted octanol–water partition coefficient (Wildman–Crippen LogP) is 4.35. The minimum Gasteiger partial charge on any atom is -0.493 e. The number of thioether (sulfide) groups is 1. The topological polar surface area (TPSA) is 87.5 Å². The number of benzene rings is 2. The number of aromatic nitrogens is 3. The number of carbonyl (C=O) groups excluding carboxylic acids is 1. The normalized spacial score (nSPS) is 11.9. The van der Waals surface area contributed by atoms with Gasteiger partial charge in [-0.05, 0) is 37.1 Å². The fraction of sp³-hybridized carbons (Fsp3) is 0.375. The third kappa shape index (κ3) is 5.44. The van der Waals surface area contributed by atoms with Crippen LogP contribution in [0.1, 0.15) is 20.8 Å². The number of carbonyl (C=O) groups is 1. The van der Waals surface area contributed by atoms with E-state index in [1.165, 1.54) is 39.2 Å². The molecule has 182 valence electrons. The van der Waals surface area contributed by atoms with Crippen molar-refractivity contribution in [2.24, 2.45) is 5.92 Å². The lowest BCUT2D eigenvalue weighted by atomic mass is 10.1. The molecule has 0 unspecified atom stereocenters. The average molecular weight is 489 g/mol. The van der Waals surface area contributed by atoms with E-state index in [4.69, 9.17) is 14.2 Å². The molecule has 3 rings (SSSR count). The standard InChI is InChI=1S/C24H29FN4O4S/c1-14(2)15(3)26-21(30)13-34-24-28-27-23(29(24)18-10-8-7-9-17(18)25)16-11-19(31-4)22(33-6)20(12-16)32-5/h7-12,14-15H,13H2,1-6H3,(H,26,30)/t15-/m1/s1. The summed E-state index contributed by atoms with van der Waals surface area (Å²) in [5.74, 6) is 1.48. The molecule has 0 spiro atoms. The molecule has 8 nitrogen and oxygen atoms in total. The molecule has 1 N–H and O–H groups in total. The number of rotatable bonds is 10. The van der Waals surface area contributed by atoms with Crippen molar-refractivity contribution in [3.63, 3.8) is 0 Å². The number of ether oxygens (including phenoxy) is 3. The van der Waals surface area contributed by atoms with Gasteiger partial charge in [0.25, 0.3) is 0 Å². The van der Waals surface area contributed by atoms with E-state index in [-0.39, 0.29) is 23.4 Å². The summed E-state index contributed by atoms with van der Waals surface area (Å²) in [7, 11) is 4.54. The molecule has 0 aliphatic heterocycles. The summed E-state index contributed by atoms with van der Waals surface area (Å²) in [5, 5.41) is 11.9. The first-order valence-electron chi connectivity index (χ1n) is 10.7. The van der Waals surface area contributed by atoms with E-state index in [0.29, 0.717) is 39.7 Å². The Kier molecular flexibility index (Phi) is 8.38. The van der Waals surface area contributed by atoms with Crippen molar-refractivity contribution >= 4 is 17.7 Å². The zero-order chi connectivity index (χ0) is 24.8. The van der Waals surface area contributed by atoms with E-state index in [9.17, 15) is 9.18 Å². The van der Waals surface area contributed by atoms with Crippen molar-refractivity contribution in [2.45, 2.75) is 32.0 Å². The first kappa shape index (κ1) is 25.4. The maximum absolute atomic E-state index is 14.9. The Balaban J connectivity index is 2.06. The van der Waals surface area contributed by atoms with Crippen LogP contribution >= 0.6 is 11.8 Å². The van der Waals surface area contributed by atoms with E-state index in [1.54, 1.807) is 34.9 Å². The van der Waals surface area contributed by atoms with Crippen LogP contribution in [0.5, 0.6) is 17.2 Å². The average Bonchev–Trinajstić information content (AvgIpc) is 3.25. The number of nitrogens with one attached hydrogen (secondary N) is 1. The van der Waals surface area contributed by atoms with Crippen LogP contribution in [0.2, 0.25) is 0 Å². The molecule has 10 heteroatoms. The first-order chi connectivity index (χ1) is 16.3. The number of hydrogen-bond donors (Lipinski definition) is 1. The van der Waals surface area contributed by atoms with Gasteiger partial charge in [0.1, 0.15) is 5.82 Å². The van der Waals surface area contributed by atoms with Crippen molar-refractivity contribution in [3.05, 3.63) is 42.2 Å². The zero-order valence-electron chi connectivity index (χ0n) is 20.1. The molecule has 0 radical (unpaired) electrons. The Hall–Kier alpha value is -3.27. The molecule has 34 heavy (non-hydrogen) atoms. The van der Waals surface area contributed by atoms with Gasteiger partial charge in [0.2, 0.25) is 11.7 Å². The van der Waals surface area contributed by atoms with Crippen LogP contribution < -0.4 is 19.5 Å². The number of hydrogen-bond acceptors (Lipinski definition) is 7. The Morgan fingerprint density at radius 1 is 1.06 bits per heavy atom. The molecule has 2 aromatic carbocycles. The molecule has 1 amide bonds. The van der Waals surface area contributed by atoms with Gasteiger partial charge in [-0.2, -0.15) is 0 Å². The molecule has 0 bridgehead atoms. The van der Waals surface area contributed by atoms with Crippen molar-refractivity contribution in [3.8, 4) is 34.3 Å². The predicted molar refractivity (Wildman–Crippen MR) is 130 cm³/mol. The Labute approximate surface area is 202 Å². The summed E-state index contributed by atoms with van der Waals surface area (Å²) in [6, 6.07) is 9.79. The number of amides is 1. The second kappa shape index (κ2) is 11.2. The van der Waals surface area contributed by atoms with Crippen LogP contribution in [0.25, 0.3) is 17.1 Å². The monoisotopic (exact) mass is 488 g/mol. The number of methoxy groups -OCH3 is 3. The molecule has 0 aliphatic rings. The lowest BCUT2D eigenvalue weighted by Gasteiger charge is -2.17. The largest absolute Gasteiger partial charge is 0.493 e. The van der Waals surface area contributed by atoms with E-state index in [0.717, 1.165) is 0 Å². The fourth-order valence-electron chi connectivity index (χ4n) is 3.20. The molecular weight excluding hydrogens is 459 g/mol. The molecule has 0 saturated heterocycles. The minimum atomic E-state index is -0.448. The van der Waals surface area contributed by atoms with E-state index < -0.39 is 5.82 Å². The third-order valence-electron chi connectivity index (χ3n) is 5.37. The van der Waals surface area contributed by atoms with Crippen LogP contribution in [0.3, 0.4) is 0 Å². The van der Waals surface area contributed by atoms with E-state index >= 15 is 0 Å². The van der Waals surface area contributed by atoms with Crippen molar-refractivity contribution in [1.29, 1.82) is 0 Å². The van der Waals surface area contributed by atoms with Gasteiger partial charge in [-0.25, -0.2) is 4.39 Å². The fourth-order valence-corrected chi connectivity index (χ4v) is 3.96. The second-order valence-corrected chi connectivity index (χ2v) is 8.84. The highest BCUT2D eigenvalue weighted by molar-refractivity contribution is 7.99. The van der Waals surface area contributed by atoms with Crippen LogP contribution in [0, 0.1) is 11.7 Å². The van der Waals surface area contributed by atoms with Crippen molar-refractivity contribution in [2.75, 3.05) is 27.1 Å². The number of nitrogens with zero attached hydrogens (tertiary/aromatic N) is 3. The number of halogens is 1. The third-order valence-corrected chi connectivity index (χ3v) is 6.30. The summed E-state index contributed by atoms with van der Waals surface area (Å²) in [5.41, 5.74) is 0.838. The zero-order valence-corrected chi connectivity index (χ0v) is 20.9. The van der Waals surface area contributed by atoms with Gasteiger partial charge in [0.15, 0.2) is 22.5 Å². The SMILES string of the molecule is COc1cc(-c2nnc(SCC(=O)N[C@H](C)C(C)C)n2-c2ccccc2F)cc(OC)c1OC. The van der Waals surface area contributed by atoms with Gasteiger partial charge >= 0.3 is 0 Å². The number of para-hydroxylation sites is 1. The quantitative estimate of drug-likeness (QED) is 0.425. The smallest absolute Gasteiger partial charge is 0.230 e. The van der Waals surface area contributed by atoms with Crippen LogP contribution in [-0.4, -0.2) is 53.8 Å². The maximum Gasteiger partial charge on any atom is 0.230 e. The first-order valence-corrected chi connectivity index (χ1v) is 11.7. The molecule has 1 atom stereocenters. The van der Waals surface area contributed by atoms with Crippen LogP contribution in [0.15, 0.2) is 41.6 Å². The molecule has 0 saturated carbocycles. The lowest BCUT2D eigenvalue weighted by Crippen LogP contribution is -2.37. The second-order valence-electron chi connectivity index (χ2n) is 7.90. The summed E-state index contributed by atoms with van der Waals surface area (Å²) in [4.78, 5) is 12.4. The highest BCUT2D eigenvalue weighted by Gasteiger charge is 2.23.